The fraction of sp³-hybridized carbons (Fsp3) is 0.143. The van der Waals surface area contributed by atoms with Crippen molar-refractivity contribution in [3.63, 3.8) is 0 Å². The van der Waals surface area contributed by atoms with E-state index in [1.54, 1.807) is 6.07 Å². The monoisotopic (exact) mass is 359 g/mol. The van der Waals surface area contributed by atoms with Crippen LogP contribution in [0.25, 0.3) is 0 Å². The Labute approximate surface area is 118 Å². The van der Waals surface area contributed by atoms with Crippen LogP contribution >= 0.6 is 22.6 Å². The number of benzene rings is 2. The second-order valence-corrected chi connectivity index (χ2v) is 5.17. The number of aryl methyl sites for hydroxylation is 1. The minimum absolute atomic E-state index is 0.0824. The van der Waals surface area contributed by atoms with Crippen LogP contribution in [-0.2, 0) is 0 Å². The van der Waals surface area contributed by atoms with Crippen molar-refractivity contribution in [1.29, 1.82) is 0 Å². The van der Waals surface area contributed by atoms with Gasteiger partial charge in [-0.2, -0.15) is 0 Å². The van der Waals surface area contributed by atoms with E-state index in [4.69, 9.17) is 5.73 Å². The van der Waals surface area contributed by atoms with Gasteiger partial charge in [-0.15, -0.1) is 0 Å². The first-order chi connectivity index (χ1) is 8.52. The Balaban J connectivity index is 2.55. The summed E-state index contributed by atoms with van der Waals surface area (Å²) in [6, 6.07) is 8.56. The molecule has 0 aliphatic heterocycles. The van der Waals surface area contributed by atoms with Crippen LogP contribution in [0.1, 0.15) is 22.7 Å². The van der Waals surface area contributed by atoms with Crippen LogP contribution in [0.4, 0.5) is 8.78 Å². The predicted molar refractivity (Wildman–Crippen MR) is 76.3 cm³/mol. The Hall–Kier alpha value is -1.01. The molecule has 0 heterocycles. The maximum absolute atomic E-state index is 13.7. The number of rotatable bonds is 2. The predicted octanol–water partition coefficient (Wildman–Crippen LogP) is 3.93. The summed E-state index contributed by atoms with van der Waals surface area (Å²) in [7, 11) is 0. The van der Waals surface area contributed by atoms with Gasteiger partial charge in [0.05, 0.1) is 6.04 Å². The molecule has 2 aromatic carbocycles. The molecule has 0 saturated carbocycles. The molecular formula is C14H12F2IN. The molecule has 94 valence electrons. The van der Waals surface area contributed by atoms with Gasteiger partial charge in [0.25, 0.3) is 0 Å². The summed E-state index contributed by atoms with van der Waals surface area (Å²) < 4.78 is 28.3. The topological polar surface area (TPSA) is 26.0 Å². The summed E-state index contributed by atoms with van der Waals surface area (Å²) in [4.78, 5) is 0. The van der Waals surface area contributed by atoms with Crippen LogP contribution in [0.3, 0.4) is 0 Å². The van der Waals surface area contributed by atoms with Gasteiger partial charge in [0.1, 0.15) is 11.6 Å². The quantitative estimate of drug-likeness (QED) is 0.808. The molecule has 2 aromatic rings. The Morgan fingerprint density at radius 1 is 1.06 bits per heavy atom. The molecule has 0 aliphatic rings. The van der Waals surface area contributed by atoms with Crippen LogP contribution in [0.2, 0.25) is 0 Å². The molecule has 0 spiro atoms. The molecule has 0 fully saturated rings. The third-order valence-electron chi connectivity index (χ3n) is 2.87. The first-order valence-corrected chi connectivity index (χ1v) is 6.54. The maximum Gasteiger partial charge on any atom is 0.131 e. The molecule has 1 unspecified atom stereocenters. The first kappa shape index (κ1) is 13.4. The SMILES string of the molecule is Cc1cccc(C(N)c2c(F)cccc2F)c1I. The van der Waals surface area contributed by atoms with Crippen molar-refractivity contribution < 1.29 is 8.78 Å². The van der Waals surface area contributed by atoms with Crippen LogP contribution < -0.4 is 5.73 Å². The summed E-state index contributed by atoms with van der Waals surface area (Å²) in [6.07, 6.45) is 0. The molecule has 2 rings (SSSR count). The van der Waals surface area contributed by atoms with Crippen LogP contribution in [0.15, 0.2) is 36.4 Å². The van der Waals surface area contributed by atoms with E-state index in [9.17, 15) is 8.78 Å². The molecule has 0 aromatic heterocycles. The van der Waals surface area contributed by atoms with Gasteiger partial charge in [-0.3, -0.25) is 0 Å². The van der Waals surface area contributed by atoms with Crippen molar-refractivity contribution in [3.8, 4) is 0 Å². The average Bonchev–Trinajstić information content (AvgIpc) is 2.32. The molecule has 0 saturated heterocycles. The molecular weight excluding hydrogens is 347 g/mol. The van der Waals surface area contributed by atoms with Gasteiger partial charge in [0.15, 0.2) is 0 Å². The highest BCUT2D eigenvalue weighted by atomic mass is 127. The van der Waals surface area contributed by atoms with Crippen molar-refractivity contribution in [3.05, 3.63) is 68.3 Å². The minimum atomic E-state index is -0.794. The van der Waals surface area contributed by atoms with E-state index in [0.717, 1.165) is 14.7 Å². The fourth-order valence-corrected chi connectivity index (χ4v) is 2.57. The third kappa shape index (κ3) is 2.40. The second kappa shape index (κ2) is 5.32. The molecule has 2 N–H and O–H groups in total. The van der Waals surface area contributed by atoms with Crippen LogP contribution in [0, 0.1) is 22.1 Å². The highest BCUT2D eigenvalue weighted by Crippen LogP contribution is 2.29. The molecule has 1 atom stereocenters. The molecule has 0 aliphatic carbocycles. The van der Waals surface area contributed by atoms with E-state index in [-0.39, 0.29) is 5.56 Å². The maximum atomic E-state index is 13.7. The van der Waals surface area contributed by atoms with E-state index >= 15 is 0 Å². The first-order valence-electron chi connectivity index (χ1n) is 5.47. The van der Waals surface area contributed by atoms with Gasteiger partial charge in [-0.25, -0.2) is 8.78 Å². The lowest BCUT2D eigenvalue weighted by Crippen LogP contribution is -2.17. The van der Waals surface area contributed by atoms with E-state index < -0.39 is 17.7 Å². The molecule has 0 bridgehead atoms. The highest BCUT2D eigenvalue weighted by molar-refractivity contribution is 14.1. The highest BCUT2D eigenvalue weighted by Gasteiger charge is 2.20. The lowest BCUT2D eigenvalue weighted by atomic mass is 9.97. The van der Waals surface area contributed by atoms with Gasteiger partial charge < -0.3 is 5.73 Å². The van der Waals surface area contributed by atoms with Crippen molar-refractivity contribution >= 4 is 22.6 Å². The second-order valence-electron chi connectivity index (χ2n) is 4.09. The Bertz CT molecular complexity index is 564. The lowest BCUT2D eigenvalue weighted by molar-refractivity contribution is 0.543. The van der Waals surface area contributed by atoms with E-state index in [1.807, 2.05) is 19.1 Å². The summed E-state index contributed by atoms with van der Waals surface area (Å²) in [5.41, 5.74) is 7.70. The average molecular weight is 359 g/mol. The third-order valence-corrected chi connectivity index (χ3v) is 4.34. The smallest absolute Gasteiger partial charge is 0.131 e. The molecule has 0 radical (unpaired) electrons. The zero-order valence-corrected chi connectivity index (χ0v) is 11.9. The van der Waals surface area contributed by atoms with E-state index in [0.29, 0.717) is 0 Å². The summed E-state index contributed by atoms with van der Waals surface area (Å²) >= 11 is 2.15. The van der Waals surface area contributed by atoms with E-state index in [1.165, 1.54) is 18.2 Å². The van der Waals surface area contributed by atoms with Gasteiger partial charge >= 0.3 is 0 Å². The number of halogens is 3. The van der Waals surface area contributed by atoms with Gasteiger partial charge in [-0.1, -0.05) is 24.3 Å². The summed E-state index contributed by atoms with van der Waals surface area (Å²) in [5, 5.41) is 0. The van der Waals surface area contributed by atoms with Crippen molar-refractivity contribution in [2.45, 2.75) is 13.0 Å². The number of hydrogen-bond donors (Lipinski definition) is 1. The van der Waals surface area contributed by atoms with Crippen molar-refractivity contribution in [2.75, 3.05) is 0 Å². The number of hydrogen-bond acceptors (Lipinski definition) is 1. The normalized spacial score (nSPS) is 12.5. The molecule has 18 heavy (non-hydrogen) atoms. The summed E-state index contributed by atoms with van der Waals surface area (Å²) in [6.45, 7) is 1.94. The van der Waals surface area contributed by atoms with Gasteiger partial charge in [0.2, 0.25) is 0 Å². The standard InChI is InChI=1S/C14H12F2IN/c1-8-4-2-5-9(13(8)17)14(18)12-10(15)6-3-7-11(12)16/h2-7,14H,18H2,1H3. The summed E-state index contributed by atoms with van der Waals surface area (Å²) in [5.74, 6) is -1.22. The Morgan fingerprint density at radius 2 is 1.61 bits per heavy atom. The molecule has 4 heteroatoms. The van der Waals surface area contributed by atoms with Gasteiger partial charge in [-0.05, 0) is 52.8 Å². The zero-order valence-electron chi connectivity index (χ0n) is 9.75. The Kier molecular flexibility index (Phi) is 3.97. The number of nitrogens with two attached hydrogens (primary N) is 1. The van der Waals surface area contributed by atoms with Gasteiger partial charge in [0, 0.05) is 9.13 Å². The van der Waals surface area contributed by atoms with Crippen LogP contribution in [-0.4, -0.2) is 0 Å². The fourth-order valence-electron chi connectivity index (χ4n) is 1.87. The lowest BCUT2D eigenvalue weighted by Gasteiger charge is -2.17. The zero-order chi connectivity index (χ0) is 13.3. The van der Waals surface area contributed by atoms with Crippen LogP contribution in [0.5, 0.6) is 0 Å². The van der Waals surface area contributed by atoms with E-state index in [2.05, 4.69) is 22.6 Å². The molecule has 1 nitrogen and oxygen atoms in total. The minimum Gasteiger partial charge on any atom is -0.320 e. The van der Waals surface area contributed by atoms with Crippen molar-refractivity contribution in [2.24, 2.45) is 5.73 Å². The largest absolute Gasteiger partial charge is 0.320 e. The van der Waals surface area contributed by atoms with Crippen molar-refractivity contribution in [1.82, 2.24) is 0 Å². The Morgan fingerprint density at radius 3 is 2.22 bits per heavy atom. The molecule has 0 amide bonds.